The van der Waals surface area contributed by atoms with Crippen molar-refractivity contribution in [2.24, 2.45) is 0 Å². The van der Waals surface area contributed by atoms with Gasteiger partial charge in [-0.15, -0.1) is 0 Å². The Labute approximate surface area is 150 Å². The molecule has 2 rings (SSSR count). The number of hydrogen-bond acceptors (Lipinski definition) is 4. The predicted octanol–water partition coefficient (Wildman–Crippen LogP) is 1.48. The zero-order chi connectivity index (χ0) is 18.9. The molecular formula is C18H20FN3O4. The van der Waals surface area contributed by atoms with Gasteiger partial charge in [-0.3, -0.25) is 9.59 Å². The second-order valence-corrected chi connectivity index (χ2v) is 5.47. The Hall–Kier alpha value is -3.16. The lowest BCUT2D eigenvalue weighted by molar-refractivity contribution is -0.138. The van der Waals surface area contributed by atoms with Crippen molar-refractivity contribution in [3.05, 3.63) is 59.7 Å². The monoisotopic (exact) mass is 361 g/mol. The van der Waals surface area contributed by atoms with E-state index in [1.54, 1.807) is 31.3 Å². The molecule has 0 aliphatic rings. The van der Waals surface area contributed by atoms with Crippen LogP contribution in [-0.4, -0.2) is 47.4 Å². The molecule has 2 N–H and O–H groups in total. The number of rotatable bonds is 8. The number of ether oxygens (including phenoxy) is 1. The van der Waals surface area contributed by atoms with Crippen LogP contribution in [0.25, 0.3) is 0 Å². The summed E-state index contributed by atoms with van der Waals surface area (Å²) >= 11 is 0. The van der Waals surface area contributed by atoms with Crippen LogP contribution >= 0.6 is 0 Å². The number of esters is 1. The average Bonchev–Trinajstić information content (AvgIpc) is 3.18. The summed E-state index contributed by atoms with van der Waals surface area (Å²) < 4.78 is 17.8. The highest BCUT2D eigenvalue weighted by atomic mass is 19.1. The van der Waals surface area contributed by atoms with Gasteiger partial charge in [0.15, 0.2) is 6.61 Å². The summed E-state index contributed by atoms with van der Waals surface area (Å²) in [4.78, 5) is 39.8. The first-order valence-corrected chi connectivity index (χ1v) is 8.09. The lowest BCUT2D eigenvalue weighted by atomic mass is 10.2. The molecule has 8 heteroatoms. The maximum Gasteiger partial charge on any atom is 0.355 e. The van der Waals surface area contributed by atoms with Gasteiger partial charge in [-0.2, -0.15) is 0 Å². The van der Waals surface area contributed by atoms with E-state index >= 15 is 0 Å². The fourth-order valence-electron chi connectivity index (χ4n) is 2.16. The minimum Gasteiger partial charge on any atom is -0.451 e. The van der Waals surface area contributed by atoms with Crippen molar-refractivity contribution < 1.29 is 23.5 Å². The van der Waals surface area contributed by atoms with E-state index in [0.717, 1.165) is 5.56 Å². The SMILES string of the molecule is CCN(CC(=O)NCc1ccc(F)cc1)C(=O)COC(=O)c1ccc[nH]1. The van der Waals surface area contributed by atoms with Crippen LogP contribution in [0.15, 0.2) is 42.6 Å². The molecule has 0 unspecified atom stereocenters. The number of aromatic nitrogens is 1. The third-order valence-electron chi connectivity index (χ3n) is 3.62. The molecule has 0 saturated carbocycles. The van der Waals surface area contributed by atoms with Gasteiger partial charge in [0.1, 0.15) is 11.5 Å². The molecule has 1 aromatic carbocycles. The van der Waals surface area contributed by atoms with Gasteiger partial charge in [-0.25, -0.2) is 9.18 Å². The van der Waals surface area contributed by atoms with Crippen LogP contribution in [-0.2, 0) is 20.9 Å². The molecule has 0 saturated heterocycles. The van der Waals surface area contributed by atoms with Gasteiger partial charge >= 0.3 is 5.97 Å². The Bertz CT molecular complexity index is 744. The van der Waals surface area contributed by atoms with Crippen LogP contribution in [0.2, 0.25) is 0 Å². The number of amides is 2. The number of likely N-dealkylation sites (N-methyl/N-ethyl adjacent to an activating group) is 1. The topological polar surface area (TPSA) is 91.5 Å². The van der Waals surface area contributed by atoms with Gasteiger partial charge in [0.05, 0.1) is 6.54 Å². The van der Waals surface area contributed by atoms with Crippen LogP contribution in [0.1, 0.15) is 23.0 Å². The fraction of sp³-hybridized carbons (Fsp3) is 0.278. The summed E-state index contributed by atoms with van der Waals surface area (Å²) in [6.45, 7) is 1.64. The van der Waals surface area contributed by atoms with Gasteiger partial charge < -0.3 is 19.9 Å². The number of carbonyl (C=O) groups is 3. The van der Waals surface area contributed by atoms with Crippen molar-refractivity contribution in [3.63, 3.8) is 0 Å². The van der Waals surface area contributed by atoms with E-state index in [2.05, 4.69) is 10.3 Å². The summed E-state index contributed by atoms with van der Waals surface area (Å²) in [6.07, 6.45) is 1.57. The van der Waals surface area contributed by atoms with E-state index in [0.29, 0.717) is 6.54 Å². The quantitative estimate of drug-likeness (QED) is 0.697. The van der Waals surface area contributed by atoms with Gasteiger partial charge in [0, 0.05) is 19.3 Å². The Morgan fingerprint density at radius 3 is 2.54 bits per heavy atom. The molecule has 138 valence electrons. The molecule has 1 heterocycles. The van der Waals surface area contributed by atoms with Gasteiger partial charge in [-0.1, -0.05) is 12.1 Å². The van der Waals surface area contributed by atoms with Crippen LogP contribution in [0.3, 0.4) is 0 Å². The number of hydrogen-bond donors (Lipinski definition) is 2. The zero-order valence-electron chi connectivity index (χ0n) is 14.3. The van der Waals surface area contributed by atoms with Crippen molar-refractivity contribution in [1.82, 2.24) is 15.2 Å². The molecule has 0 radical (unpaired) electrons. The number of nitrogens with one attached hydrogen (secondary N) is 2. The van der Waals surface area contributed by atoms with E-state index in [9.17, 15) is 18.8 Å². The Kier molecular flexibility index (Phi) is 6.90. The normalized spacial score (nSPS) is 10.2. The molecule has 0 aliphatic carbocycles. The first kappa shape index (κ1) is 19.2. The number of carbonyl (C=O) groups excluding carboxylic acids is 3. The molecular weight excluding hydrogens is 341 g/mol. The maximum atomic E-state index is 12.8. The summed E-state index contributed by atoms with van der Waals surface area (Å²) in [5.74, 6) is -1.82. The largest absolute Gasteiger partial charge is 0.451 e. The summed E-state index contributed by atoms with van der Waals surface area (Å²) in [5, 5.41) is 2.66. The number of benzene rings is 1. The molecule has 2 amide bonds. The smallest absolute Gasteiger partial charge is 0.355 e. The third-order valence-corrected chi connectivity index (χ3v) is 3.62. The average molecular weight is 361 g/mol. The second-order valence-electron chi connectivity index (χ2n) is 5.47. The number of aromatic amines is 1. The Morgan fingerprint density at radius 1 is 1.19 bits per heavy atom. The van der Waals surface area contributed by atoms with Crippen molar-refractivity contribution in [2.45, 2.75) is 13.5 Å². The lowest BCUT2D eigenvalue weighted by Crippen LogP contribution is -2.42. The standard InChI is InChI=1S/C18H20FN3O4/c1-2-22(17(24)12-26-18(25)15-4-3-9-20-15)11-16(23)21-10-13-5-7-14(19)8-6-13/h3-9,20H,2,10-12H2,1H3,(H,21,23). The number of H-pyrrole nitrogens is 1. The van der Waals surface area contributed by atoms with Gasteiger partial charge in [0.2, 0.25) is 5.91 Å². The molecule has 0 aliphatic heterocycles. The predicted molar refractivity (Wildman–Crippen MR) is 91.6 cm³/mol. The molecule has 2 aromatic rings. The second kappa shape index (κ2) is 9.36. The van der Waals surface area contributed by atoms with E-state index in [4.69, 9.17) is 4.74 Å². The minimum absolute atomic E-state index is 0.156. The van der Waals surface area contributed by atoms with Crippen LogP contribution in [0.5, 0.6) is 0 Å². The summed E-state index contributed by atoms with van der Waals surface area (Å²) in [6, 6.07) is 8.93. The fourth-order valence-corrected chi connectivity index (χ4v) is 2.16. The number of halogens is 1. The lowest BCUT2D eigenvalue weighted by Gasteiger charge is -2.20. The third kappa shape index (κ3) is 5.73. The molecule has 0 fully saturated rings. The van der Waals surface area contributed by atoms with Crippen molar-refractivity contribution in [2.75, 3.05) is 19.7 Å². The maximum absolute atomic E-state index is 12.8. The summed E-state index contributed by atoms with van der Waals surface area (Å²) in [7, 11) is 0. The molecule has 1 aromatic heterocycles. The number of nitrogens with zero attached hydrogens (tertiary/aromatic N) is 1. The van der Waals surface area contributed by atoms with Crippen molar-refractivity contribution in [3.8, 4) is 0 Å². The minimum atomic E-state index is -0.639. The van der Waals surface area contributed by atoms with Crippen LogP contribution < -0.4 is 5.32 Å². The highest BCUT2D eigenvalue weighted by Gasteiger charge is 2.18. The van der Waals surface area contributed by atoms with Crippen molar-refractivity contribution in [1.29, 1.82) is 0 Å². The molecule has 26 heavy (non-hydrogen) atoms. The van der Waals surface area contributed by atoms with Crippen LogP contribution in [0.4, 0.5) is 4.39 Å². The molecule has 0 spiro atoms. The van der Waals surface area contributed by atoms with E-state index in [-0.39, 0.29) is 30.5 Å². The first-order chi connectivity index (χ1) is 12.5. The van der Waals surface area contributed by atoms with Gasteiger partial charge in [0.25, 0.3) is 5.91 Å². The Morgan fingerprint density at radius 2 is 1.92 bits per heavy atom. The van der Waals surface area contributed by atoms with Crippen LogP contribution in [0, 0.1) is 5.82 Å². The summed E-state index contributed by atoms with van der Waals surface area (Å²) in [5.41, 5.74) is 0.992. The van der Waals surface area contributed by atoms with Crippen molar-refractivity contribution >= 4 is 17.8 Å². The first-order valence-electron chi connectivity index (χ1n) is 8.09. The zero-order valence-corrected chi connectivity index (χ0v) is 14.3. The molecule has 0 bridgehead atoms. The molecule has 0 atom stereocenters. The Balaban J connectivity index is 1.77. The van der Waals surface area contributed by atoms with Gasteiger partial charge in [-0.05, 0) is 36.8 Å². The van der Waals surface area contributed by atoms with E-state index in [1.165, 1.54) is 23.1 Å². The highest BCUT2D eigenvalue weighted by Crippen LogP contribution is 2.02. The van der Waals surface area contributed by atoms with E-state index < -0.39 is 18.5 Å². The highest BCUT2D eigenvalue weighted by molar-refractivity contribution is 5.90. The van der Waals surface area contributed by atoms with E-state index in [1.807, 2.05) is 0 Å². The molecule has 7 nitrogen and oxygen atoms in total.